The predicted octanol–water partition coefficient (Wildman–Crippen LogP) is 4.56. The van der Waals surface area contributed by atoms with Crippen molar-refractivity contribution >= 4 is 28.3 Å². The number of carbonyl (C=O) groups excluding carboxylic acids is 2. The molecule has 2 heterocycles. The van der Waals surface area contributed by atoms with E-state index in [1.165, 1.54) is 11.3 Å². The zero-order chi connectivity index (χ0) is 24.7. The SMILES string of the molecule is O=C(Cc1csc(NC(=O)c2ccc3c(c2)OCO3)n1)NCc1ccc(OCc2ccccc2)cc1. The summed E-state index contributed by atoms with van der Waals surface area (Å²) in [6, 6.07) is 22.6. The van der Waals surface area contributed by atoms with Crippen LogP contribution in [0.15, 0.2) is 78.2 Å². The first-order chi connectivity index (χ1) is 17.6. The minimum absolute atomic E-state index is 0.120. The third-order valence-corrected chi connectivity index (χ3v) is 6.22. The fourth-order valence-electron chi connectivity index (χ4n) is 3.52. The molecule has 0 saturated heterocycles. The largest absolute Gasteiger partial charge is 0.489 e. The van der Waals surface area contributed by atoms with E-state index in [1.54, 1.807) is 23.6 Å². The molecule has 36 heavy (non-hydrogen) atoms. The second kappa shape index (κ2) is 10.9. The number of hydrogen-bond acceptors (Lipinski definition) is 7. The molecule has 0 radical (unpaired) electrons. The Kier molecular flexibility index (Phi) is 7.09. The molecule has 0 bridgehead atoms. The van der Waals surface area contributed by atoms with Gasteiger partial charge in [-0.3, -0.25) is 14.9 Å². The van der Waals surface area contributed by atoms with Crippen LogP contribution in [0, 0.1) is 0 Å². The van der Waals surface area contributed by atoms with Gasteiger partial charge in [-0.1, -0.05) is 42.5 Å². The number of fused-ring (bicyclic) bond motifs is 1. The zero-order valence-corrected chi connectivity index (χ0v) is 20.0. The Labute approximate surface area is 211 Å². The summed E-state index contributed by atoms with van der Waals surface area (Å²) in [7, 11) is 0. The lowest BCUT2D eigenvalue weighted by atomic mass is 10.2. The van der Waals surface area contributed by atoms with Crippen LogP contribution in [-0.2, 0) is 24.4 Å². The molecule has 1 aliphatic rings. The molecule has 4 aromatic rings. The summed E-state index contributed by atoms with van der Waals surface area (Å²) < 4.78 is 16.4. The fraction of sp³-hybridized carbons (Fsp3) is 0.148. The summed E-state index contributed by atoms with van der Waals surface area (Å²) in [4.78, 5) is 29.3. The van der Waals surface area contributed by atoms with Crippen LogP contribution in [0.1, 0.15) is 27.2 Å². The van der Waals surface area contributed by atoms with E-state index in [4.69, 9.17) is 14.2 Å². The Hall–Kier alpha value is -4.37. The maximum atomic E-state index is 12.5. The van der Waals surface area contributed by atoms with Gasteiger partial charge >= 0.3 is 0 Å². The number of rotatable bonds is 9. The van der Waals surface area contributed by atoms with E-state index in [2.05, 4.69) is 15.6 Å². The van der Waals surface area contributed by atoms with E-state index in [1.807, 2.05) is 54.6 Å². The van der Waals surface area contributed by atoms with Gasteiger partial charge in [0.1, 0.15) is 12.4 Å². The molecule has 0 atom stereocenters. The van der Waals surface area contributed by atoms with Crippen LogP contribution in [0.4, 0.5) is 5.13 Å². The van der Waals surface area contributed by atoms with Crippen molar-refractivity contribution < 1.29 is 23.8 Å². The molecule has 0 saturated carbocycles. The second-order valence-electron chi connectivity index (χ2n) is 8.04. The molecule has 2 amide bonds. The average molecular weight is 502 g/mol. The van der Waals surface area contributed by atoms with E-state index in [0.29, 0.717) is 41.0 Å². The lowest BCUT2D eigenvalue weighted by molar-refractivity contribution is -0.120. The number of thiazole rings is 1. The van der Waals surface area contributed by atoms with Crippen molar-refractivity contribution in [1.29, 1.82) is 0 Å². The Morgan fingerprint density at radius 1 is 0.944 bits per heavy atom. The van der Waals surface area contributed by atoms with E-state index in [0.717, 1.165) is 16.9 Å². The van der Waals surface area contributed by atoms with Crippen molar-refractivity contribution in [3.8, 4) is 17.2 Å². The summed E-state index contributed by atoms with van der Waals surface area (Å²) in [6.45, 7) is 1.05. The molecular formula is C27H23N3O5S. The number of benzene rings is 3. The normalized spacial score (nSPS) is 11.7. The van der Waals surface area contributed by atoms with Gasteiger partial charge in [0.15, 0.2) is 16.6 Å². The number of amides is 2. The van der Waals surface area contributed by atoms with E-state index >= 15 is 0 Å². The maximum Gasteiger partial charge on any atom is 0.257 e. The fourth-order valence-corrected chi connectivity index (χ4v) is 4.23. The van der Waals surface area contributed by atoms with E-state index < -0.39 is 0 Å². The highest BCUT2D eigenvalue weighted by Crippen LogP contribution is 2.32. The van der Waals surface area contributed by atoms with Crippen LogP contribution in [0.25, 0.3) is 0 Å². The van der Waals surface area contributed by atoms with Crippen LogP contribution in [0.2, 0.25) is 0 Å². The maximum absolute atomic E-state index is 12.5. The third-order valence-electron chi connectivity index (χ3n) is 5.41. The van der Waals surface area contributed by atoms with Gasteiger partial charge in [0, 0.05) is 17.5 Å². The smallest absolute Gasteiger partial charge is 0.257 e. The molecule has 3 aromatic carbocycles. The molecular weight excluding hydrogens is 478 g/mol. The first kappa shape index (κ1) is 23.4. The molecule has 8 nitrogen and oxygen atoms in total. The highest BCUT2D eigenvalue weighted by atomic mass is 32.1. The summed E-state index contributed by atoms with van der Waals surface area (Å²) in [5.41, 5.74) is 3.09. The quantitative estimate of drug-likeness (QED) is 0.349. The van der Waals surface area contributed by atoms with Gasteiger partial charge in [-0.25, -0.2) is 4.98 Å². The van der Waals surface area contributed by atoms with Gasteiger partial charge in [-0.2, -0.15) is 0 Å². The van der Waals surface area contributed by atoms with Crippen LogP contribution < -0.4 is 24.8 Å². The van der Waals surface area contributed by atoms with Gasteiger partial charge < -0.3 is 19.5 Å². The van der Waals surface area contributed by atoms with Crippen molar-refractivity contribution in [3.63, 3.8) is 0 Å². The minimum atomic E-state index is -0.310. The number of nitrogens with zero attached hydrogens (tertiary/aromatic N) is 1. The molecule has 0 unspecified atom stereocenters. The average Bonchev–Trinajstić information content (AvgIpc) is 3.56. The number of hydrogen-bond donors (Lipinski definition) is 2. The number of anilines is 1. The standard InChI is InChI=1S/C27H23N3O5S/c31-25(28-14-18-6-9-22(10-7-18)33-15-19-4-2-1-3-5-19)13-21-16-36-27(29-21)30-26(32)20-8-11-23-24(12-20)35-17-34-23/h1-12,16H,13-15,17H2,(H,28,31)(H,29,30,32). The summed E-state index contributed by atoms with van der Waals surface area (Å²) in [5.74, 6) is 1.45. The van der Waals surface area contributed by atoms with E-state index in [9.17, 15) is 9.59 Å². The lowest BCUT2D eigenvalue weighted by Crippen LogP contribution is -2.24. The van der Waals surface area contributed by atoms with Gasteiger partial charge in [-0.15, -0.1) is 11.3 Å². The first-order valence-corrected chi connectivity index (χ1v) is 12.2. The molecule has 9 heteroatoms. The first-order valence-electron chi connectivity index (χ1n) is 11.3. The number of ether oxygens (including phenoxy) is 3. The molecule has 0 fully saturated rings. The number of nitrogens with one attached hydrogen (secondary N) is 2. The third kappa shape index (κ3) is 6.00. The molecule has 182 valence electrons. The number of aromatic nitrogens is 1. The Morgan fingerprint density at radius 2 is 1.75 bits per heavy atom. The highest BCUT2D eigenvalue weighted by Gasteiger charge is 2.17. The highest BCUT2D eigenvalue weighted by molar-refractivity contribution is 7.14. The monoisotopic (exact) mass is 501 g/mol. The summed E-state index contributed by atoms with van der Waals surface area (Å²) in [5, 5.41) is 7.83. The minimum Gasteiger partial charge on any atom is -0.489 e. The van der Waals surface area contributed by atoms with Gasteiger partial charge in [0.05, 0.1) is 12.1 Å². The molecule has 0 spiro atoms. The topological polar surface area (TPSA) is 98.8 Å². The number of carbonyl (C=O) groups is 2. The van der Waals surface area contributed by atoms with Gasteiger partial charge in [-0.05, 0) is 41.5 Å². The van der Waals surface area contributed by atoms with Crippen LogP contribution in [0.3, 0.4) is 0 Å². The van der Waals surface area contributed by atoms with Crippen LogP contribution in [-0.4, -0.2) is 23.6 Å². The summed E-state index contributed by atoms with van der Waals surface area (Å²) >= 11 is 1.27. The predicted molar refractivity (Wildman–Crippen MR) is 135 cm³/mol. The Morgan fingerprint density at radius 3 is 2.58 bits per heavy atom. The van der Waals surface area contributed by atoms with Crippen molar-refractivity contribution in [3.05, 3.63) is 101 Å². The van der Waals surface area contributed by atoms with Crippen molar-refractivity contribution in [2.45, 2.75) is 19.6 Å². The van der Waals surface area contributed by atoms with Crippen LogP contribution in [0.5, 0.6) is 17.2 Å². The van der Waals surface area contributed by atoms with Gasteiger partial charge in [0.25, 0.3) is 5.91 Å². The molecule has 5 rings (SSSR count). The van der Waals surface area contributed by atoms with E-state index in [-0.39, 0.29) is 25.0 Å². The van der Waals surface area contributed by atoms with Gasteiger partial charge in [0.2, 0.25) is 12.7 Å². The molecule has 0 aliphatic carbocycles. The van der Waals surface area contributed by atoms with Crippen molar-refractivity contribution in [2.75, 3.05) is 12.1 Å². The molecule has 1 aliphatic heterocycles. The zero-order valence-electron chi connectivity index (χ0n) is 19.2. The lowest BCUT2D eigenvalue weighted by Gasteiger charge is -2.08. The van der Waals surface area contributed by atoms with Crippen LogP contribution >= 0.6 is 11.3 Å². The van der Waals surface area contributed by atoms with Crippen molar-refractivity contribution in [2.24, 2.45) is 0 Å². The second-order valence-corrected chi connectivity index (χ2v) is 8.90. The van der Waals surface area contributed by atoms with Crippen molar-refractivity contribution in [1.82, 2.24) is 10.3 Å². The Bertz CT molecular complexity index is 1360. The Balaban J connectivity index is 1.07. The molecule has 1 aromatic heterocycles. The molecule has 2 N–H and O–H groups in total. The summed E-state index contributed by atoms with van der Waals surface area (Å²) in [6.07, 6.45) is 0.120.